The Morgan fingerprint density at radius 3 is 3.08 bits per heavy atom. The van der Waals surface area contributed by atoms with E-state index in [1.165, 1.54) is 0 Å². The average Bonchev–Trinajstić information content (AvgIpc) is 2.04. The van der Waals surface area contributed by atoms with Gasteiger partial charge in [0.05, 0.1) is 18.8 Å². The van der Waals surface area contributed by atoms with E-state index in [2.05, 4.69) is 0 Å². The van der Waals surface area contributed by atoms with Crippen molar-refractivity contribution in [2.45, 2.75) is 37.9 Å². The van der Waals surface area contributed by atoms with Gasteiger partial charge in [0.2, 0.25) is 0 Å². The average molecular weight is 170 g/mol. The second-order valence-corrected chi connectivity index (χ2v) is 3.73. The Hall–Kier alpha value is -0.410. The first-order valence-corrected chi connectivity index (χ1v) is 4.51. The monoisotopic (exact) mass is 170 g/mol. The van der Waals surface area contributed by atoms with Crippen LogP contribution in [0.25, 0.3) is 0 Å². The number of carbonyl (C=O) groups is 1. The quantitative estimate of drug-likeness (QED) is 0.542. The van der Waals surface area contributed by atoms with E-state index in [-0.39, 0.29) is 17.5 Å². The van der Waals surface area contributed by atoms with E-state index in [0.717, 1.165) is 12.8 Å². The number of Topliss-reactive ketones (excluding diaryl/α,β-unsaturated/α-hetero) is 1. The van der Waals surface area contributed by atoms with Gasteiger partial charge in [-0.05, 0) is 19.8 Å². The van der Waals surface area contributed by atoms with Crippen LogP contribution in [0.2, 0.25) is 0 Å². The van der Waals surface area contributed by atoms with Crippen molar-refractivity contribution >= 4 is 5.78 Å². The molecule has 2 unspecified atom stereocenters. The van der Waals surface area contributed by atoms with E-state index in [0.29, 0.717) is 19.6 Å². The second-order valence-electron chi connectivity index (χ2n) is 3.73. The van der Waals surface area contributed by atoms with Gasteiger partial charge in [0.25, 0.3) is 0 Å². The molecule has 3 nitrogen and oxygen atoms in total. The van der Waals surface area contributed by atoms with Gasteiger partial charge in [-0.25, -0.2) is 0 Å². The van der Waals surface area contributed by atoms with Gasteiger partial charge >= 0.3 is 0 Å². The highest BCUT2D eigenvalue weighted by molar-refractivity contribution is 5.85. The molecular weight excluding hydrogens is 156 g/mol. The smallest absolute Gasteiger partial charge is 0.164 e. The number of carbonyl (C=O) groups excluding carboxylic acids is 1. The summed E-state index contributed by atoms with van der Waals surface area (Å²) in [6, 6.07) is 0. The van der Waals surface area contributed by atoms with Crippen LogP contribution in [0.4, 0.5) is 0 Å². The summed E-state index contributed by atoms with van der Waals surface area (Å²) in [4.78, 5) is 11.4. The fraction of sp³-hybridized carbons (Fsp3) is 0.889. The maximum Gasteiger partial charge on any atom is 0.164 e. The lowest BCUT2D eigenvalue weighted by Crippen LogP contribution is -2.55. The van der Waals surface area contributed by atoms with Crippen molar-refractivity contribution in [2.24, 2.45) is 0 Å². The van der Waals surface area contributed by atoms with E-state index in [1.54, 1.807) is 0 Å². The molecule has 12 heavy (non-hydrogen) atoms. The van der Waals surface area contributed by atoms with Crippen LogP contribution >= 0.6 is 0 Å². The Morgan fingerprint density at radius 1 is 1.50 bits per heavy atom. The van der Waals surface area contributed by atoms with Crippen molar-refractivity contribution in [3.8, 4) is 0 Å². The number of hydrogen-bond acceptors (Lipinski definition) is 3. The summed E-state index contributed by atoms with van der Waals surface area (Å²) in [6.07, 6.45) is 2.25. The normalized spacial score (nSPS) is 42.4. The molecular formula is C9H14O3. The third-order valence-corrected chi connectivity index (χ3v) is 2.74. The van der Waals surface area contributed by atoms with Gasteiger partial charge in [-0.3, -0.25) is 4.79 Å². The third kappa shape index (κ3) is 1.17. The minimum absolute atomic E-state index is 0.212. The molecule has 1 saturated carbocycles. The lowest BCUT2D eigenvalue weighted by atomic mass is 9.82. The molecule has 2 atom stereocenters. The zero-order chi connectivity index (χ0) is 8.60. The molecule has 0 bridgehead atoms. The minimum Gasteiger partial charge on any atom is -0.370 e. The van der Waals surface area contributed by atoms with Crippen molar-refractivity contribution in [3.05, 3.63) is 0 Å². The second kappa shape index (κ2) is 2.82. The van der Waals surface area contributed by atoms with Crippen LogP contribution in [0.1, 0.15) is 26.2 Å². The fourth-order valence-corrected chi connectivity index (χ4v) is 2.07. The van der Waals surface area contributed by atoms with Crippen LogP contribution in [-0.4, -0.2) is 30.7 Å². The Labute approximate surface area is 72.0 Å². The van der Waals surface area contributed by atoms with E-state index in [1.807, 2.05) is 6.92 Å². The topological polar surface area (TPSA) is 35.5 Å². The van der Waals surface area contributed by atoms with Crippen LogP contribution < -0.4 is 0 Å². The van der Waals surface area contributed by atoms with Gasteiger partial charge in [0.15, 0.2) is 5.78 Å². The molecule has 0 radical (unpaired) electrons. The molecule has 1 aliphatic carbocycles. The van der Waals surface area contributed by atoms with Crippen molar-refractivity contribution in [1.29, 1.82) is 0 Å². The van der Waals surface area contributed by atoms with Crippen molar-refractivity contribution in [3.63, 3.8) is 0 Å². The highest BCUT2D eigenvalue weighted by atomic mass is 16.6. The standard InChI is InChI=1S/C9H14O3/c1-9-4-2-3-7(10)8(9)11-5-6-12-9/h8H,2-6H2,1H3. The summed E-state index contributed by atoms with van der Waals surface area (Å²) >= 11 is 0. The van der Waals surface area contributed by atoms with Crippen LogP contribution in [0.15, 0.2) is 0 Å². The summed E-state index contributed by atoms with van der Waals surface area (Å²) in [5.74, 6) is 0.212. The highest BCUT2D eigenvalue weighted by Gasteiger charge is 2.45. The molecule has 0 aromatic rings. The molecule has 0 N–H and O–H groups in total. The number of hydrogen-bond donors (Lipinski definition) is 0. The predicted molar refractivity (Wildman–Crippen MR) is 43.0 cm³/mol. The van der Waals surface area contributed by atoms with Gasteiger partial charge in [0, 0.05) is 6.42 Å². The summed E-state index contributed by atoms with van der Waals surface area (Å²) in [6.45, 7) is 3.17. The Kier molecular flexibility index (Phi) is 1.93. The summed E-state index contributed by atoms with van der Waals surface area (Å²) < 4.78 is 11.0. The Bertz CT molecular complexity index is 198. The number of rotatable bonds is 0. The first kappa shape index (κ1) is 8.20. The van der Waals surface area contributed by atoms with E-state index in [9.17, 15) is 4.79 Å². The van der Waals surface area contributed by atoms with Gasteiger partial charge < -0.3 is 9.47 Å². The SMILES string of the molecule is CC12CCCC(=O)C1OCCO2. The lowest BCUT2D eigenvalue weighted by molar-refractivity contribution is -0.206. The van der Waals surface area contributed by atoms with Crippen molar-refractivity contribution in [2.75, 3.05) is 13.2 Å². The number of ketones is 1. The first-order valence-electron chi connectivity index (χ1n) is 4.51. The van der Waals surface area contributed by atoms with Crippen LogP contribution in [0.3, 0.4) is 0 Å². The van der Waals surface area contributed by atoms with Crippen molar-refractivity contribution < 1.29 is 14.3 Å². The number of fused-ring (bicyclic) bond motifs is 1. The van der Waals surface area contributed by atoms with Crippen LogP contribution in [-0.2, 0) is 14.3 Å². The fourth-order valence-electron chi connectivity index (χ4n) is 2.07. The predicted octanol–water partition coefficient (Wildman–Crippen LogP) is 0.913. The maximum atomic E-state index is 11.4. The Morgan fingerprint density at radius 2 is 2.33 bits per heavy atom. The number of ether oxygens (including phenoxy) is 2. The molecule has 1 aliphatic heterocycles. The molecule has 1 heterocycles. The molecule has 0 aromatic carbocycles. The van der Waals surface area contributed by atoms with Crippen LogP contribution in [0.5, 0.6) is 0 Å². The third-order valence-electron chi connectivity index (χ3n) is 2.74. The summed E-state index contributed by atoms with van der Waals surface area (Å²) in [5, 5.41) is 0. The van der Waals surface area contributed by atoms with Gasteiger partial charge in [-0.15, -0.1) is 0 Å². The van der Waals surface area contributed by atoms with Crippen molar-refractivity contribution in [1.82, 2.24) is 0 Å². The van der Waals surface area contributed by atoms with E-state index < -0.39 is 0 Å². The highest BCUT2D eigenvalue weighted by Crippen LogP contribution is 2.33. The van der Waals surface area contributed by atoms with Gasteiger partial charge in [-0.2, -0.15) is 0 Å². The molecule has 2 rings (SSSR count). The molecule has 2 aliphatic rings. The van der Waals surface area contributed by atoms with Gasteiger partial charge in [-0.1, -0.05) is 0 Å². The Balaban J connectivity index is 2.18. The summed E-state index contributed by atoms with van der Waals surface area (Å²) in [7, 11) is 0. The largest absolute Gasteiger partial charge is 0.370 e. The molecule has 0 aromatic heterocycles. The molecule has 3 heteroatoms. The first-order chi connectivity index (χ1) is 5.72. The van der Waals surface area contributed by atoms with Crippen LogP contribution in [0, 0.1) is 0 Å². The zero-order valence-corrected chi connectivity index (χ0v) is 7.34. The lowest BCUT2D eigenvalue weighted by Gasteiger charge is -2.43. The zero-order valence-electron chi connectivity index (χ0n) is 7.34. The molecule has 1 saturated heterocycles. The molecule has 0 spiro atoms. The molecule has 2 fully saturated rings. The minimum atomic E-state index is -0.326. The van der Waals surface area contributed by atoms with E-state index in [4.69, 9.17) is 9.47 Å². The maximum absolute atomic E-state index is 11.4. The molecule has 0 amide bonds. The summed E-state index contributed by atoms with van der Waals surface area (Å²) in [5.41, 5.74) is -0.326. The van der Waals surface area contributed by atoms with Gasteiger partial charge in [0.1, 0.15) is 6.10 Å². The molecule has 68 valence electrons. The van der Waals surface area contributed by atoms with E-state index >= 15 is 0 Å².